The maximum Gasteiger partial charge on any atom is 0.159 e. The first-order chi connectivity index (χ1) is 9.56. The van der Waals surface area contributed by atoms with Crippen LogP contribution in [0.1, 0.15) is 28.4 Å². The zero-order valence-electron chi connectivity index (χ0n) is 11.8. The predicted molar refractivity (Wildman–Crippen MR) is 79.7 cm³/mol. The molecular formula is C17H19NO2. The maximum absolute atomic E-state index is 11.4. The van der Waals surface area contributed by atoms with Gasteiger partial charge in [-0.15, -0.1) is 0 Å². The van der Waals surface area contributed by atoms with Crippen molar-refractivity contribution in [2.75, 3.05) is 7.05 Å². The van der Waals surface area contributed by atoms with Crippen LogP contribution in [-0.2, 0) is 13.1 Å². The topological polar surface area (TPSA) is 40.5 Å². The van der Waals surface area contributed by atoms with E-state index in [4.69, 9.17) is 0 Å². The van der Waals surface area contributed by atoms with Gasteiger partial charge in [0.25, 0.3) is 0 Å². The summed E-state index contributed by atoms with van der Waals surface area (Å²) in [7, 11) is 1.99. The van der Waals surface area contributed by atoms with E-state index in [1.807, 2.05) is 25.2 Å². The molecule has 0 unspecified atom stereocenters. The molecule has 0 aliphatic heterocycles. The fraction of sp³-hybridized carbons (Fsp3) is 0.235. The molecule has 3 heteroatoms. The number of hydrogen-bond donors (Lipinski definition) is 1. The number of hydrogen-bond acceptors (Lipinski definition) is 3. The van der Waals surface area contributed by atoms with Gasteiger partial charge in [-0.25, -0.2) is 0 Å². The lowest BCUT2D eigenvalue weighted by molar-refractivity contribution is 0.101. The highest BCUT2D eigenvalue weighted by molar-refractivity contribution is 5.94. The molecule has 0 saturated carbocycles. The van der Waals surface area contributed by atoms with Crippen molar-refractivity contribution in [3.63, 3.8) is 0 Å². The molecule has 0 fully saturated rings. The third-order valence-corrected chi connectivity index (χ3v) is 3.22. The molecule has 2 rings (SSSR count). The molecule has 0 saturated heterocycles. The molecule has 0 amide bonds. The van der Waals surface area contributed by atoms with Crippen LogP contribution in [0.5, 0.6) is 5.75 Å². The second-order valence-electron chi connectivity index (χ2n) is 5.06. The number of rotatable bonds is 5. The minimum atomic E-state index is 0.0111. The molecule has 104 valence electrons. The summed E-state index contributed by atoms with van der Waals surface area (Å²) in [6.45, 7) is 2.93. The van der Waals surface area contributed by atoms with Gasteiger partial charge in [0, 0.05) is 24.2 Å². The van der Waals surface area contributed by atoms with Crippen molar-refractivity contribution < 1.29 is 9.90 Å². The molecule has 20 heavy (non-hydrogen) atoms. The van der Waals surface area contributed by atoms with Crippen molar-refractivity contribution in [1.29, 1.82) is 0 Å². The highest BCUT2D eigenvalue weighted by atomic mass is 16.3. The Morgan fingerprint density at radius 2 is 1.80 bits per heavy atom. The number of ketones is 1. The van der Waals surface area contributed by atoms with Crippen LogP contribution in [0.25, 0.3) is 0 Å². The Labute approximate surface area is 119 Å². The Balaban J connectivity index is 2.09. The van der Waals surface area contributed by atoms with E-state index in [-0.39, 0.29) is 11.5 Å². The molecule has 0 radical (unpaired) electrons. The van der Waals surface area contributed by atoms with E-state index in [1.54, 1.807) is 18.2 Å². The van der Waals surface area contributed by atoms with E-state index in [0.29, 0.717) is 12.1 Å². The highest BCUT2D eigenvalue weighted by Crippen LogP contribution is 2.21. The number of benzene rings is 2. The van der Waals surface area contributed by atoms with Gasteiger partial charge in [-0.2, -0.15) is 0 Å². The van der Waals surface area contributed by atoms with Crippen LogP contribution < -0.4 is 0 Å². The lowest BCUT2D eigenvalue weighted by Crippen LogP contribution is -2.17. The molecule has 1 N–H and O–H groups in total. The Bertz CT molecular complexity index is 593. The quantitative estimate of drug-likeness (QED) is 0.847. The molecule has 0 aromatic heterocycles. The van der Waals surface area contributed by atoms with E-state index in [1.165, 1.54) is 12.5 Å². The van der Waals surface area contributed by atoms with E-state index in [0.717, 1.165) is 12.1 Å². The van der Waals surface area contributed by atoms with Crippen molar-refractivity contribution in [2.45, 2.75) is 20.0 Å². The van der Waals surface area contributed by atoms with Crippen LogP contribution in [0.3, 0.4) is 0 Å². The van der Waals surface area contributed by atoms with E-state index in [2.05, 4.69) is 17.0 Å². The molecule has 0 heterocycles. The normalized spacial score (nSPS) is 10.8. The second-order valence-corrected chi connectivity index (χ2v) is 5.06. The minimum absolute atomic E-state index is 0.0111. The number of carbonyl (C=O) groups is 1. The lowest BCUT2D eigenvalue weighted by Gasteiger charge is -2.18. The van der Waals surface area contributed by atoms with Crippen molar-refractivity contribution in [3.05, 3.63) is 65.2 Å². The van der Waals surface area contributed by atoms with Crippen LogP contribution in [0.4, 0.5) is 0 Å². The molecule has 2 aromatic rings. The number of nitrogens with zero attached hydrogens (tertiary/aromatic N) is 1. The monoisotopic (exact) mass is 269 g/mol. The van der Waals surface area contributed by atoms with Crippen molar-refractivity contribution >= 4 is 5.78 Å². The van der Waals surface area contributed by atoms with Gasteiger partial charge in [0.15, 0.2) is 5.78 Å². The van der Waals surface area contributed by atoms with E-state index in [9.17, 15) is 9.90 Å². The third kappa shape index (κ3) is 3.68. The van der Waals surface area contributed by atoms with Gasteiger partial charge in [-0.05, 0) is 37.7 Å². The Kier molecular flexibility index (Phi) is 4.53. The molecule has 0 atom stereocenters. The third-order valence-electron chi connectivity index (χ3n) is 3.22. The van der Waals surface area contributed by atoms with Crippen molar-refractivity contribution in [2.24, 2.45) is 0 Å². The van der Waals surface area contributed by atoms with Gasteiger partial charge < -0.3 is 5.11 Å². The SMILES string of the molecule is CC(=O)c1ccc(O)c(CN(C)Cc2ccccc2)c1. The molecule has 0 spiro atoms. The first-order valence-corrected chi connectivity index (χ1v) is 6.61. The van der Waals surface area contributed by atoms with Crippen LogP contribution in [0.15, 0.2) is 48.5 Å². The van der Waals surface area contributed by atoms with Gasteiger partial charge in [0.2, 0.25) is 0 Å². The lowest BCUT2D eigenvalue weighted by atomic mass is 10.1. The summed E-state index contributed by atoms with van der Waals surface area (Å²) in [6.07, 6.45) is 0. The molecule has 0 aliphatic rings. The van der Waals surface area contributed by atoms with Crippen LogP contribution in [0, 0.1) is 0 Å². The highest BCUT2D eigenvalue weighted by Gasteiger charge is 2.09. The Hall–Kier alpha value is -2.13. The van der Waals surface area contributed by atoms with Gasteiger partial charge in [-0.3, -0.25) is 9.69 Å². The molecule has 0 aliphatic carbocycles. The first-order valence-electron chi connectivity index (χ1n) is 6.61. The van der Waals surface area contributed by atoms with Crippen LogP contribution >= 0.6 is 0 Å². The van der Waals surface area contributed by atoms with Crippen LogP contribution in [-0.4, -0.2) is 22.8 Å². The summed E-state index contributed by atoms with van der Waals surface area (Å²) in [6, 6.07) is 15.2. The largest absolute Gasteiger partial charge is 0.508 e. The molecular weight excluding hydrogens is 250 g/mol. The van der Waals surface area contributed by atoms with Crippen molar-refractivity contribution in [1.82, 2.24) is 4.90 Å². The van der Waals surface area contributed by atoms with E-state index >= 15 is 0 Å². The smallest absolute Gasteiger partial charge is 0.159 e. The minimum Gasteiger partial charge on any atom is -0.508 e. The maximum atomic E-state index is 11.4. The predicted octanol–water partition coefficient (Wildman–Crippen LogP) is 3.23. The standard InChI is InChI=1S/C17H19NO2/c1-13(19)15-8-9-17(20)16(10-15)12-18(2)11-14-6-4-3-5-7-14/h3-10,20H,11-12H2,1-2H3. The zero-order chi connectivity index (χ0) is 14.5. The van der Waals surface area contributed by atoms with Gasteiger partial charge >= 0.3 is 0 Å². The van der Waals surface area contributed by atoms with Gasteiger partial charge in [-0.1, -0.05) is 30.3 Å². The average Bonchev–Trinajstić information content (AvgIpc) is 2.42. The summed E-state index contributed by atoms with van der Waals surface area (Å²) < 4.78 is 0. The molecule has 3 nitrogen and oxygen atoms in total. The fourth-order valence-electron chi connectivity index (χ4n) is 2.17. The fourth-order valence-corrected chi connectivity index (χ4v) is 2.17. The number of carbonyl (C=O) groups excluding carboxylic acids is 1. The first kappa shape index (κ1) is 14.3. The second kappa shape index (κ2) is 6.35. The van der Waals surface area contributed by atoms with Crippen LogP contribution in [0.2, 0.25) is 0 Å². The summed E-state index contributed by atoms with van der Waals surface area (Å²) in [5.41, 5.74) is 2.62. The zero-order valence-corrected chi connectivity index (χ0v) is 11.8. The number of Topliss-reactive ketones (excluding diaryl/α,β-unsaturated/α-hetero) is 1. The Morgan fingerprint density at radius 1 is 1.10 bits per heavy atom. The molecule has 2 aromatic carbocycles. The average molecular weight is 269 g/mol. The van der Waals surface area contributed by atoms with Gasteiger partial charge in [0.1, 0.15) is 5.75 Å². The van der Waals surface area contributed by atoms with E-state index < -0.39 is 0 Å². The Morgan fingerprint density at radius 3 is 2.45 bits per heavy atom. The summed E-state index contributed by atoms with van der Waals surface area (Å²) in [4.78, 5) is 13.5. The summed E-state index contributed by atoms with van der Waals surface area (Å²) in [5.74, 6) is 0.242. The number of aromatic hydroxyl groups is 1. The molecule has 0 bridgehead atoms. The van der Waals surface area contributed by atoms with Crippen molar-refractivity contribution in [3.8, 4) is 5.75 Å². The summed E-state index contributed by atoms with van der Waals surface area (Å²) >= 11 is 0. The van der Waals surface area contributed by atoms with Gasteiger partial charge in [0.05, 0.1) is 0 Å². The summed E-state index contributed by atoms with van der Waals surface area (Å²) in [5, 5.41) is 9.89. The number of phenols is 1. The number of phenolic OH excluding ortho intramolecular Hbond substituents is 1.